The first-order valence-electron chi connectivity index (χ1n) is 6.29. The van der Waals surface area contributed by atoms with E-state index in [9.17, 15) is 0 Å². The zero-order valence-corrected chi connectivity index (χ0v) is 10.6. The van der Waals surface area contributed by atoms with Crippen LogP contribution in [0.4, 0.5) is 0 Å². The summed E-state index contributed by atoms with van der Waals surface area (Å²) in [5.74, 6) is 0.923. The van der Waals surface area contributed by atoms with Crippen LogP contribution in [0.5, 0.6) is 5.75 Å². The predicted molar refractivity (Wildman–Crippen MR) is 68.1 cm³/mol. The highest BCUT2D eigenvalue weighted by molar-refractivity contribution is 5.31. The van der Waals surface area contributed by atoms with Gasteiger partial charge in [0.25, 0.3) is 0 Å². The van der Waals surface area contributed by atoms with Crippen molar-refractivity contribution >= 4 is 0 Å². The maximum absolute atomic E-state index is 6.20. The Morgan fingerprint density at radius 2 is 2.18 bits per heavy atom. The number of ether oxygens (including phenoxy) is 2. The summed E-state index contributed by atoms with van der Waals surface area (Å²) in [5, 5.41) is 0. The van der Waals surface area contributed by atoms with E-state index in [1.165, 1.54) is 12.8 Å². The van der Waals surface area contributed by atoms with Crippen molar-refractivity contribution in [3.8, 4) is 5.75 Å². The molecule has 94 valence electrons. The second-order valence-electron chi connectivity index (χ2n) is 4.60. The molecule has 1 aromatic carbocycles. The molecule has 3 nitrogen and oxygen atoms in total. The second kappa shape index (κ2) is 5.52. The van der Waals surface area contributed by atoms with Gasteiger partial charge in [0.2, 0.25) is 0 Å². The average Bonchev–Trinajstić information content (AvgIpc) is 3.15. The van der Waals surface area contributed by atoms with Crippen LogP contribution in [-0.4, -0.2) is 19.3 Å². The van der Waals surface area contributed by atoms with E-state index in [0.29, 0.717) is 6.10 Å². The third kappa shape index (κ3) is 3.20. The van der Waals surface area contributed by atoms with Crippen LogP contribution in [0.25, 0.3) is 0 Å². The summed E-state index contributed by atoms with van der Waals surface area (Å²) in [6.07, 6.45) is 3.74. The molecule has 0 amide bonds. The Kier molecular flexibility index (Phi) is 4.02. The van der Waals surface area contributed by atoms with Crippen molar-refractivity contribution in [1.82, 2.24) is 0 Å². The Morgan fingerprint density at radius 3 is 2.76 bits per heavy atom. The van der Waals surface area contributed by atoms with Crippen molar-refractivity contribution in [1.29, 1.82) is 0 Å². The molecular weight excluding hydrogens is 214 g/mol. The molecule has 2 N–H and O–H groups in total. The van der Waals surface area contributed by atoms with E-state index >= 15 is 0 Å². The molecule has 1 aliphatic carbocycles. The van der Waals surface area contributed by atoms with Gasteiger partial charge in [0.15, 0.2) is 0 Å². The van der Waals surface area contributed by atoms with Crippen LogP contribution in [0.15, 0.2) is 24.3 Å². The summed E-state index contributed by atoms with van der Waals surface area (Å²) in [6, 6.07) is 7.96. The molecule has 0 saturated heterocycles. The molecule has 1 aromatic rings. The third-order valence-corrected chi connectivity index (χ3v) is 3.18. The SMILES string of the molecule is CCC(OC)C(N)c1cccc(OC2CC2)c1. The molecule has 0 heterocycles. The van der Waals surface area contributed by atoms with E-state index in [1.54, 1.807) is 7.11 Å². The number of hydrogen-bond acceptors (Lipinski definition) is 3. The van der Waals surface area contributed by atoms with Crippen LogP contribution in [0.3, 0.4) is 0 Å². The standard InChI is InChI=1S/C14H21NO2/c1-3-13(16-2)14(15)10-5-4-6-12(9-10)17-11-7-8-11/h4-6,9,11,13-14H,3,7-8,15H2,1-2H3. The van der Waals surface area contributed by atoms with Crippen LogP contribution in [-0.2, 0) is 4.74 Å². The Morgan fingerprint density at radius 1 is 1.41 bits per heavy atom. The van der Waals surface area contributed by atoms with E-state index in [4.69, 9.17) is 15.2 Å². The van der Waals surface area contributed by atoms with E-state index in [0.717, 1.165) is 17.7 Å². The molecular formula is C14H21NO2. The molecule has 1 fully saturated rings. The summed E-state index contributed by atoms with van der Waals surface area (Å²) in [7, 11) is 1.71. The highest BCUT2D eigenvalue weighted by Gasteiger charge is 2.24. The van der Waals surface area contributed by atoms with Gasteiger partial charge in [-0.15, -0.1) is 0 Å². The zero-order chi connectivity index (χ0) is 12.3. The molecule has 3 heteroatoms. The maximum Gasteiger partial charge on any atom is 0.120 e. The van der Waals surface area contributed by atoms with Gasteiger partial charge >= 0.3 is 0 Å². The second-order valence-corrected chi connectivity index (χ2v) is 4.60. The highest BCUT2D eigenvalue weighted by Crippen LogP contribution is 2.29. The lowest BCUT2D eigenvalue weighted by atomic mass is 10.0. The van der Waals surface area contributed by atoms with Crippen molar-refractivity contribution in [3.05, 3.63) is 29.8 Å². The topological polar surface area (TPSA) is 44.5 Å². The van der Waals surface area contributed by atoms with Gasteiger partial charge in [0.1, 0.15) is 5.75 Å². The summed E-state index contributed by atoms with van der Waals surface area (Å²) >= 11 is 0. The van der Waals surface area contributed by atoms with E-state index < -0.39 is 0 Å². The lowest BCUT2D eigenvalue weighted by Crippen LogP contribution is -2.27. The molecule has 0 radical (unpaired) electrons. The molecule has 0 bridgehead atoms. The number of methoxy groups -OCH3 is 1. The summed E-state index contributed by atoms with van der Waals surface area (Å²) in [6.45, 7) is 2.08. The summed E-state index contributed by atoms with van der Waals surface area (Å²) in [4.78, 5) is 0. The van der Waals surface area contributed by atoms with Crippen LogP contribution < -0.4 is 10.5 Å². The molecule has 2 unspecified atom stereocenters. The van der Waals surface area contributed by atoms with E-state index in [1.807, 2.05) is 24.3 Å². The van der Waals surface area contributed by atoms with Gasteiger partial charge in [-0.1, -0.05) is 19.1 Å². The lowest BCUT2D eigenvalue weighted by Gasteiger charge is -2.22. The number of nitrogens with two attached hydrogens (primary N) is 1. The molecule has 17 heavy (non-hydrogen) atoms. The fourth-order valence-corrected chi connectivity index (χ4v) is 1.96. The molecule has 0 aromatic heterocycles. The van der Waals surface area contributed by atoms with E-state index in [2.05, 4.69) is 6.92 Å². The first-order chi connectivity index (χ1) is 8.24. The van der Waals surface area contributed by atoms with Gasteiger partial charge in [0, 0.05) is 7.11 Å². The van der Waals surface area contributed by atoms with Crippen LogP contribution >= 0.6 is 0 Å². The molecule has 0 spiro atoms. The normalized spacial score (nSPS) is 18.8. The fourth-order valence-electron chi connectivity index (χ4n) is 1.96. The van der Waals surface area contributed by atoms with E-state index in [-0.39, 0.29) is 12.1 Å². The van der Waals surface area contributed by atoms with Gasteiger partial charge in [-0.25, -0.2) is 0 Å². The Bertz CT molecular complexity index is 359. The minimum Gasteiger partial charge on any atom is -0.490 e. The fraction of sp³-hybridized carbons (Fsp3) is 0.571. The summed E-state index contributed by atoms with van der Waals surface area (Å²) in [5.41, 5.74) is 7.28. The van der Waals surface area contributed by atoms with Gasteiger partial charge in [-0.05, 0) is 37.0 Å². The van der Waals surface area contributed by atoms with Gasteiger partial charge in [-0.2, -0.15) is 0 Å². The Balaban J connectivity index is 2.07. The first-order valence-corrected chi connectivity index (χ1v) is 6.29. The van der Waals surface area contributed by atoms with Gasteiger partial charge in [-0.3, -0.25) is 0 Å². The van der Waals surface area contributed by atoms with Crippen LogP contribution in [0.2, 0.25) is 0 Å². The largest absolute Gasteiger partial charge is 0.490 e. The van der Waals surface area contributed by atoms with Gasteiger partial charge < -0.3 is 15.2 Å². The van der Waals surface area contributed by atoms with Crippen LogP contribution in [0.1, 0.15) is 37.8 Å². The quantitative estimate of drug-likeness (QED) is 0.824. The smallest absolute Gasteiger partial charge is 0.120 e. The monoisotopic (exact) mass is 235 g/mol. The molecule has 2 rings (SSSR count). The Hall–Kier alpha value is -1.06. The lowest BCUT2D eigenvalue weighted by molar-refractivity contribution is 0.0771. The third-order valence-electron chi connectivity index (χ3n) is 3.18. The van der Waals surface area contributed by atoms with Crippen molar-refractivity contribution < 1.29 is 9.47 Å². The van der Waals surface area contributed by atoms with Crippen molar-refractivity contribution in [2.24, 2.45) is 5.73 Å². The molecule has 1 saturated carbocycles. The average molecular weight is 235 g/mol. The number of rotatable bonds is 6. The van der Waals surface area contributed by atoms with Crippen molar-refractivity contribution in [3.63, 3.8) is 0 Å². The highest BCUT2D eigenvalue weighted by atomic mass is 16.5. The van der Waals surface area contributed by atoms with Crippen LogP contribution in [0, 0.1) is 0 Å². The molecule has 0 aliphatic heterocycles. The number of hydrogen-bond donors (Lipinski definition) is 1. The first kappa shape index (κ1) is 12.4. The van der Waals surface area contributed by atoms with Crippen molar-refractivity contribution in [2.45, 2.75) is 44.4 Å². The number of benzene rings is 1. The van der Waals surface area contributed by atoms with Crippen molar-refractivity contribution in [2.75, 3.05) is 7.11 Å². The zero-order valence-electron chi connectivity index (χ0n) is 10.6. The molecule has 2 atom stereocenters. The minimum absolute atomic E-state index is 0.0613. The minimum atomic E-state index is -0.0900. The van der Waals surface area contributed by atoms with Gasteiger partial charge in [0.05, 0.1) is 18.2 Å². The predicted octanol–water partition coefficient (Wildman–Crippen LogP) is 2.65. The summed E-state index contributed by atoms with van der Waals surface area (Å²) < 4.78 is 11.1. The maximum atomic E-state index is 6.20. The Labute approximate surface area is 103 Å². The molecule has 1 aliphatic rings.